The van der Waals surface area contributed by atoms with E-state index in [2.05, 4.69) is 20.8 Å². The van der Waals surface area contributed by atoms with E-state index in [1.807, 2.05) is 6.07 Å². The predicted molar refractivity (Wildman–Crippen MR) is 114 cm³/mol. The van der Waals surface area contributed by atoms with E-state index in [0.717, 1.165) is 38.0 Å². The summed E-state index contributed by atoms with van der Waals surface area (Å²) < 4.78 is 33.9. The van der Waals surface area contributed by atoms with Crippen LogP contribution in [-0.2, 0) is 9.53 Å². The van der Waals surface area contributed by atoms with Crippen molar-refractivity contribution in [1.82, 2.24) is 5.43 Å². The van der Waals surface area contributed by atoms with Crippen LogP contribution in [0.5, 0.6) is 0 Å². The Morgan fingerprint density at radius 1 is 1.25 bits per heavy atom. The second kappa shape index (κ2) is 8.01. The second-order valence-corrected chi connectivity index (χ2v) is 8.81. The van der Waals surface area contributed by atoms with Crippen LogP contribution in [0.25, 0.3) is 0 Å². The summed E-state index contributed by atoms with van der Waals surface area (Å²) in [6.45, 7) is 0. The highest BCUT2D eigenvalue weighted by Gasteiger charge is 2.48. The lowest BCUT2D eigenvalue weighted by atomic mass is 9.61. The number of hydrogen-bond donors (Lipinski definition) is 2. The van der Waals surface area contributed by atoms with Crippen molar-refractivity contribution in [3.63, 3.8) is 0 Å². The number of allylic oxidation sites excluding steroid dienone is 1. The summed E-state index contributed by atoms with van der Waals surface area (Å²) in [4.78, 5) is 16.6. The number of methoxy groups -OCH3 is 1. The normalized spacial score (nSPS) is 32.3. The summed E-state index contributed by atoms with van der Waals surface area (Å²) in [5.41, 5.74) is 3.98. The van der Waals surface area contributed by atoms with E-state index >= 15 is 4.39 Å². The summed E-state index contributed by atoms with van der Waals surface area (Å²) in [5.74, 6) is -1.74. The van der Waals surface area contributed by atoms with Gasteiger partial charge in [0.05, 0.1) is 48.2 Å². The van der Waals surface area contributed by atoms with Gasteiger partial charge in [-0.2, -0.15) is 10.4 Å². The number of nitrogens with one attached hydrogen (secondary N) is 2. The van der Waals surface area contributed by atoms with Crippen LogP contribution in [0.1, 0.15) is 36.8 Å². The number of fused-ring (bicyclic) bond motifs is 4. The standard InChI is InChI=1S/C23H23F2N5O2/c1-32-23(31)19-11-2-4-12(5-3-11)20(19)28-18-8-15(13(9-26)6-17(18)25)21-16-7-14(24)10-27-22(16)30-29-21/h6-8,10-12,16,19-20,22,28,30H,2-5H2,1H3/t11?,12?,16?,19-,20?,22?/m0/s1. The van der Waals surface area contributed by atoms with Crippen LogP contribution in [0.4, 0.5) is 14.5 Å². The summed E-state index contributed by atoms with van der Waals surface area (Å²) in [6.07, 6.45) is 5.94. The summed E-state index contributed by atoms with van der Waals surface area (Å²) in [5, 5.41) is 17.1. The summed E-state index contributed by atoms with van der Waals surface area (Å²) in [7, 11) is 1.38. The first-order chi connectivity index (χ1) is 15.5. The fourth-order valence-electron chi connectivity index (χ4n) is 5.64. The van der Waals surface area contributed by atoms with Gasteiger partial charge in [-0.05, 0) is 55.7 Å². The maximum atomic E-state index is 15.0. The number of dihydropyridines is 1. The highest BCUT2D eigenvalue weighted by atomic mass is 19.1. The quantitative estimate of drug-likeness (QED) is 0.702. The smallest absolute Gasteiger partial charge is 0.311 e. The lowest BCUT2D eigenvalue weighted by Crippen LogP contribution is -2.51. The van der Waals surface area contributed by atoms with Gasteiger partial charge in [-0.1, -0.05) is 0 Å². The number of rotatable bonds is 4. The first-order valence-corrected chi connectivity index (χ1v) is 10.8. The van der Waals surface area contributed by atoms with E-state index in [9.17, 15) is 14.4 Å². The molecule has 3 fully saturated rings. The second-order valence-electron chi connectivity index (χ2n) is 8.81. The number of nitrogens with zero attached hydrogens (tertiary/aromatic N) is 3. The molecule has 0 aromatic heterocycles. The number of carbonyl (C=O) groups excluding carboxylic acids is 1. The Bertz CT molecular complexity index is 1080. The van der Waals surface area contributed by atoms with Gasteiger partial charge < -0.3 is 10.1 Å². The highest BCUT2D eigenvalue weighted by molar-refractivity contribution is 6.07. The van der Waals surface area contributed by atoms with E-state index in [4.69, 9.17) is 4.74 Å². The molecule has 0 radical (unpaired) electrons. The minimum absolute atomic E-state index is 0.104. The maximum absolute atomic E-state index is 15.0. The Morgan fingerprint density at radius 2 is 2.00 bits per heavy atom. The maximum Gasteiger partial charge on any atom is 0.311 e. The molecule has 2 bridgehead atoms. The van der Waals surface area contributed by atoms with Gasteiger partial charge in [0.2, 0.25) is 0 Å². The molecule has 3 saturated carbocycles. The molecule has 3 aliphatic carbocycles. The molecule has 0 saturated heterocycles. The zero-order valence-corrected chi connectivity index (χ0v) is 17.5. The number of aliphatic imine (C=N–C) groups is 1. The van der Waals surface area contributed by atoms with E-state index in [-0.39, 0.29) is 41.0 Å². The van der Waals surface area contributed by atoms with Crippen molar-refractivity contribution in [2.75, 3.05) is 12.4 Å². The highest BCUT2D eigenvalue weighted by Crippen LogP contribution is 2.47. The summed E-state index contributed by atoms with van der Waals surface area (Å²) >= 11 is 0. The van der Waals surface area contributed by atoms with Crippen LogP contribution in [0.3, 0.4) is 0 Å². The number of esters is 1. The lowest BCUT2D eigenvalue weighted by Gasteiger charge is -2.47. The number of hydrazone groups is 1. The molecule has 4 atom stereocenters. The molecule has 2 N–H and O–H groups in total. The van der Waals surface area contributed by atoms with Crippen LogP contribution in [-0.4, -0.2) is 37.2 Å². The monoisotopic (exact) mass is 439 g/mol. The fraction of sp³-hybridized carbons (Fsp3) is 0.478. The summed E-state index contributed by atoms with van der Waals surface area (Å²) in [6, 6.07) is 4.46. The molecule has 1 aromatic rings. The van der Waals surface area contributed by atoms with Crippen LogP contribution < -0.4 is 10.7 Å². The predicted octanol–water partition coefficient (Wildman–Crippen LogP) is 3.27. The van der Waals surface area contributed by atoms with E-state index in [1.54, 1.807) is 0 Å². The molecular formula is C23H23F2N5O2. The van der Waals surface area contributed by atoms with Gasteiger partial charge in [-0.3, -0.25) is 15.2 Å². The largest absolute Gasteiger partial charge is 0.469 e. The Labute approximate surface area is 184 Å². The molecule has 166 valence electrons. The van der Waals surface area contributed by atoms with Crippen molar-refractivity contribution in [3.05, 3.63) is 41.0 Å². The van der Waals surface area contributed by atoms with Gasteiger partial charge in [-0.25, -0.2) is 8.78 Å². The molecular weight excluding hydrogens is 416 g/mol. The zero-order valence-electron chi connectivity index (χ0n) is 17.5. The molecule has 5 aliphatic rings. The molecule has 0 amide bonds. The Kier molecular flexibility index (Phi) is 5.16. The molecule has 6 rings (SSSR count). The van der Waals surface area contributed by atoms with Gasteiger partial charge in [0.1, 0.15) is 17.8 Å². The number of carbonyl (C=O) groups is 1. The Morgan fingerprint density at radius 3 is 2.72 bits per heavy atom. The van der Waals surface area contributed by atoms with Crippen molar-refractivity contribution in [2.24, 2.45) is 33.8 Å². The van der Waals surface area contributed by atoms with Crippen LogP contribution >= 0.6 is 0 Å². The first kappa shape index (κ1) is 20.6. The fourth-order valence-corrected chi connectivity index (χ4v) is 5.64. The molecule has 3 unspecified atom stereocenters. The third kappa shape index (κ3) is 3.34. The van der Waals surface area contributed by atoms with Gasteiger partial charge in [0.15, 0.2) is 0 Å². The van der Waals surface area contributed by atoms with Crippen LogP contribution in [0.2, 0.25) is 0 Å². The molecule has 7 nitrogen and oxygen atoms in total. The van der Waals surface area contributed by atoms with Gasteiger partial charge in [-0.15, -0.1) is 0 Å². The molecule has 1 aromatic carbocycles. The number of hydrogen-bond acceptors (Lipinski definition) is 7. The topological polar surface area (TPSA) is 98.9 Å². The number of benzene rings is 1. The van der Waals surface area contributed by atoms with Gasteiger partial charge >= 0.3 is 5.97 Å². The zero-order chi connectivity index (χ0) is 22.4. The first-order valence-electron chi connectivity index (χ1n) is 10.8. The van der Waals surface area contributed by atoms with Gasteiger partial charge in [0.25, 0.3) is 0 Å². The van der Waals surface area contributed by atoms with Crippen molar-refractivity contribution in [1.29, 1.82) is 5.26 Å². The van der Waals surface area contributed by atoms with Crippen LogP contribution in [0, 0.1) is 40.8 Å². The van der Waals surface area contributed by atoms with Crippen LogP contribution in [0.15, 0.2) is 34.1 Å². The van der Waals surface area contributed by atoms with Crippen molar-refractivity contribution >= 4 is 23.6 Å². The van der Waals surface area contributed by atoms with Gasteiger partial charge in [0, 0.05) is 11.6 Å². The third-order valence-electron chi connectivity index (χ3n) is 7.19. The number of halogens is 2. The van der Waals surface area contributed by atoms with E-state index < -0.39 is 23.7 Å². The number of nitriles is 1. The Balaban J connectivity index is 1.50. The molecule has 0 spiro atoms. The Hall–Kier alpha value is -3.28. The minimum atomic E-state index is -0.582. The third-order valence-corrected chi connectivity index (χ3v) is 7.19. The minimum Gasteiger partial charge on any atom is -0.469 e. The van der Waals surface area contributed by atoms with Crippen molar-refractivity contribution in [2.45, 2.75) is 37.9 Å². The average Bonchev–Trinajstić information content (AvgIpc) is 3.23. The number of anilines is 1. The van der Waals surface area contributed by atoms with Crippen molar-refractivity contribution in [3.8, 4) is 6.07 Å². The van der Waals surface area contributed by atoms with Crippen molar-refractivity contribution < 1.29 is 18.3 Å². The van der Waals surface area contributed by atoms with E-state index in [0.29, 0.717) is 11.3 Å². The SMILES string of the molecule is COC(=O)[C@H]1C2CCC(CC2)C1Nc1cc(C2=NNC3N=CC(F)=CC23)c(C#N)cc1F. The molecule has 2 heterocycles. The molecule has 9 heteroatoms. The average molecular weight is 439 g/mol. The number of ether oxygens (including phenoxy) is 1. The lowest BCUT2D eigenvalue weighted by molar-refractivity contribution is -0.152. The molecule has 2 aliphatic heterocycles. The molecule has 32 heavy (non-hydrogen) atoms. The van der Waals surface area contributed by atoms with E-state index in [1.165, 1.54) is 19.3 Å².